The number of nitrogens with zero attached hydrogens (tertiary/aromatic N) is 2. The summed E-state index contributed by atoms with van der Waals surface area (Å²) >= 11 is 7.29. The predicted molar refractivity (Wildman–Crippen MR) is 123 cm³/mol. The van der Waals surface area contributed by atoms with Gasteiger partial charge in [0.25, 0.3) is 0 Å². The molecular weight excluding hydrogens is 418 g/mol. The lowest BCUT2D eigenvalue weighted by molar-refractivity contribution is 0.0786. The Balaban J connectivity index is 1.57. The van der Waals surface area contributed by atoms with Crippen molar-refractivity contribution in [1.29, 1.82) is 0 Å². The zero-order valence-corrected chi connectivity index (χ0v) is 18.8. The number of nitrogens with one attached hydrogen (secondary N) is 1. The van der Waals surface area contributed by atoms with E-state index in [2.05, 4.69) is 34.8 Å². The number of hydrogen-bond donors (Lipinski definition) is 2. The van der Waals surface area contributed by atoms with E-state index >= 15 is 0 Å². The second kappa shape index (κ2) is 7.95. The topological polar surface area (TPSA) is 57.6 Å². The highest BCUT2D eigenvalue weighted by molar-refractivity contribution is 7.13. The number of fused-ring (bicyclic) bond motifs is 1. The van der Waals surface area contributed by atoms with Gasteiger partial charge in [0.2, 0.25) is 0 Å². The number of hydrogen-bond acceptors (Lipinski definition) is 6. The number of aryl methyl sites for hydroxylation is 1. The van der Waals surface area contributed by atoms with Gasteiger partial charge in [0.05, 0.1) is 17.8 Å². The van der Waals surface area contributed by atoms with Crippen molar-refractivity contribution in [3.8, 4) is 5.75 Å². The molecule has 7 heteroatoms. The first-order chi connectivity index (χ1) is 14.2. The Kier molecular flexibility index (Phi) is 5.49. The van der Waals surface area contributed by atoms with Gasteiger partial charge in [-0.25, -0.2) is 4.98 Å². The standard InChI is InChI=1S/C23H24ClN3O2S/c1-14-5-8-19(29-12-18-13-30-22(24)26-18)10-21(14)27-11-16-6-7-17(23(3,4)28)9-20(16)25-15(27)2/h5-10,13,25,28H,2,11-12H2,1,3-4H3. The SMILES string of the molecule is C=C1Nc2cc(C(C)(C)O)ccc2CN1c1cc(OCc2csc(Cl)n2)ccc1C. The molecule has 2 heterocycles. The Morgan fingerprint density at radius 1 is 1.30 bits per heavy atom. The van der Waals surface area contributed by atoms with E-state index in [0.29, 0.717) is 17.6 Å². The van der Waals surface area contributed by atoms with Crippen molar-refractivity contribution in [2.45, 2.75) is 39.5 Å². The first-order valence-electron chi connectivity index (χ1n) is 9.63. The second-order valence-electron chi connectivity index (χ2n) is 7.92. The largest absolute Gasteiger partial charge is 0.487 e. The van der Waals surface area contributed by atoms with E-state index in [1.807, 2.05) is 35.7 Å². The van der Waals surface area contributed by atoms with Crippen LogP contribution < -0.4 is 15.0 Å². The van der Waals surface area contributed by atoms with Gasteiger partial charge in [0, 0.05) is 22.8 Å². The van der Waals surface area contributed by atoms with Crippen molar-refractivity contribution < 1.29 is 9.84 Å². The van der Waals surface area contributed by atoms with Gasteiger partial charge >= 0.3 is 0 Å². The zero-order chi connectivity index (χ0) is 21.5. The molecule has 0 radical (unpaired) electrons. The van der Waals surface area contributed by atoms with Crippen molar-refractivity contribution in [2.75, 3.05) is 10.2 Å². The minimum Gasteiger partial charge on any atom is -0.487 e. The minimum atomic E-state index is -0.890. The van der Waals surface area contributed by atoms with Crippen molar-refractivity contribution in [3.05, 3.63) is 81.0 Å². The van der Waals surface area contributed by atoms with Gasteiger partial charge in [-0.1, -0.05) is 36.4 Å². The highest BCUT2D eigenvalue weighted by Crippen LogP contribution is 2.36. The molecule has 156 valence electrons. The summed E-state index contributed by atoms with van der Waals surface area (Å²) in [6.45, 7) is 10.9. The maximum absolute atomic E-state index is 10.3. The van der Waals surface area contributed by atoms with Crippen LogP contribution in [0.25, 0.3) is 0 Å². The number of anilines is 2. The molecule has 0 atom stereocenters. The van der Waals surface area contributed by atoms with Crippen LogP contribution in [0.5, 0.6) is 5.75 Å². The maximum Gasteiger partial charge on any atom is 0.183 e. The lowest BCUT2D eigenvalue weighted by Crippen LogP contribution is -2.31. The Hall–Kier alpha value is -2.54. The second-order valence-corrected chi connectivity index (χ2v) is 9.36. The summed E-state index contributed by atoms with van der Waals surface area (Å²) in [5, 5.41) is 15.6. The van der Waals surface area contributed by atoms with Crippen LogP contribution in [0, 0.1) is 6.92 Å². The first kappa shape index (κ1) is 20.7. The molecule has 2 N–H and O–H groups in total. The van der Waals surface area contributed by atoms with Gasteiger partial charge < -0.3 is 20.1 Å². The molecule has 0 bridgehead atoms. The lowest BCUT2D eigenvalue weighted by Gasteiger charge is -2.35. The molecule has 2 aromatic carbocycles. The molecule has 4 rings (SSSR count). The summed E-state index contributed by atoms with van der Waals surface area (Å²) in [5.41, 5.74) is 5.05. The van der Waals surface area contributed by atoms with E-state index in [1.54, 1.807) is 13.8 Å². The fraction of sp³-hybridized carbons (Fsp3) is 0.261. The van der Waals surface area contributed by atoms with E-state index in [0.717, 1.165) is 45.3 Å². The smallest absolute Gasteiger partial charge is 0.183 e. The van der Waals surface area contributed by atoms with E-state index in [-0.39, 0.29) is 0 Å². The van der Waals surface area contributed by atoms with Crippen LogP contribution in [0.2, 0.25) is 4.47 Å². The molecule has 0 saturated carbocycles. The Morgan fingerprint density at radius 2 is 2.10 bits per heavy atom. The molecule has 5 nitrogen and oxygen atoms in total. The monoisotopic (exact) mass is 441 g/mol. The minimum absolute atomic E-state index is 0.369. The van der Waals surface area contributed by atoms with E-state index in [9.17, 15) is 5.11 Å². The molecule has 1 aliphatic rings. The van der Waals surface area contributed by atoms with Crippen molar-refractivity contribution >= 4 is 34.3 Å². The Labute approximate surface area is 185 Å². The normalized spacial score (nSPS) is 13.8. The average molecular weight is 442 g/mol. The lowest BCUT2D eigenvalue weighted by atomic mass is 9.95. The summed E-state index contributed by atoms with van der Waals surface area (Å²) in [6, 6.07) is 12.0. The quantitative estimate of drug-likeness (QED) is 0.522. The van der Waals surface area contributed by atoms with Crippen LogP contribution in [-0.4, -0.2) is 10.1 Å². The van der Waals surface area contributed by atoms with Crippen molar-refractivity contribution in [3.63, 3.8) is 0 Å². The number of benzene rings is 2. The summed E-state index contributed by atoms with van der Waals surface area (Å²) in [5.74, 6) is 1.54. The number of aromatic nitrogens is 1. The number of ether oxygens (including phenoxy) is 1. The highest BCUT2D eigenvalue weighted by atomic mass is 35.5. The van der Waals surface area contributed by atoms with E-state index < -0.39 is 5.60 Å². The van der Waals surface area contributed by atoms with Crippen molar-refractivity contribution in [1.82, 2.24) is 4.98 Å². The fourth-order valence-corrected chi connectivity index (χ4v) is 4.17. The molecule has 0 fully saturated rings. The van der Waals surface area contributed by atoms with Gasteiger partial charge in [0.15, 0.2) is 4.47 Å². The number of thiazole rings is 1. The molecule has 0 spiro atoms. The van der Waals surface area contributed by atoms with Crippen LogP contribution in [-0.2, 0) is 18.8 Å². The summed E-state index contributed by atoms with van der Waals surface area (Å²) in [7, 11) is 0. The molecule has 0 saturated heterocycles. The fourth-order valence-electron chi connectivity index (χ4n) is 3.41. The van der Waals surface area contributed by atoms with Gasteiger partial charge in [-0.2, -0.15) is 0 Å². The Morgan fingerprint density at radius 3 is 2.80 bits per heavy atom. The van der Waals surface area contributed by atoms with Gasteiger partial charge in [-0.15, -0.1) is 11.3 Å². The molecule has 1 aromatic heterocycles. The summed E-state index contributed by atoms with van der Waals surface area (Å²) in [6.07, 6.45) is 0. The van der Waals surface area contributed by atoms with Gasteiger partial charge in [-0.05, 0) is 49.6 Å². The first-order valence-corrected chi connectivity index (χ1v) is 10.9. The molecule has 3 aromatic rings. The zero-order valence-electron chi connectivity index (χ0n) is 17.2. The van der Waals surface area contributed by atoms with Crippen LogP contribution in [0.15, 0.2) is 54.2 Å². The summed E-state index contributed by atoms with van der Waals surface area (Å²) < 4.78 is 6.44. The average Bonchev–Trinajstić information content (AvgIpc) is 3.11. The van der Waals surface area contributed by atoms with Crippen LogP contribution in [0.4, 0.5) is 11.4 Å². The molecule has 1 aliphatic heterocycles. The Bertz CT molecular complexity index is 1100. The van der Waals surface area contributed by atoms with E-state index in [4.69, 9.17) is 16.3 Å². The van der Waals surface area contributed by atoms with Gasteiger partial charge in [-0.3, -0.25) is 0 Å². The highest BCUT2D eigenvalue weighted by Gasteiger charge is 2.24. The number of rotatable bonds is 5. The van der Waals surface area contributed by atoms with E-state index in [1.165, 1.54) is 11.3 Å². The molecule has 0 unspecified atom stereocenters. The third-order valence-corrected chi connectivity index (χ3v) is 6.16. The van der Waals surface area contributed by atoms with Crippen LogP contribution in [0.1, 0.15) is 36.2 Å². The summed E-state index contributed by atoms with van der Waals surface area (Å²) in [4.78, 5) is 6.36. The van der Waals surface area contributed by atoms with Crippen LogP contribution in [0.3, 0.4) is 0 Å². The molecular formula is C23H24ClN3O2S. The molecule has 0 aliphatic carbocycles. The van der Waals surface area contributed by atoms with Crippen LogP contribution >= 0.6 is 22.9 Å². The molecule has 0 amide bonds. The predicted octanol–water partition coefficient (Wildman–Crippen LogP) is 5.81. The molecule has 30 heavy (non-hydrogen) atoms. The number of aliphatic hydroxyl groups is 1. The third kappa shape index (κ3) is 4.31. The van der Waals surface area contributed by atoms with Crippen molar-refractivity contribution in [2.24, 2.45) is 0 Å². The number of halogens is 1. The maximum atomic E-state index is 10.3. The van der Waals surface area contributed by atoms with Gasteiger partial charge in [0.1, 0.15) is 18.2 Å². The third-order valence-electron chi connectivity index (χ3n) is 5.13.